The van der Waals surface area contributed by atoms with Crippen molar-refractivity contribution in [2.24, 2.45) is 7.05 Å². The smallest absolute Gasteiger partial charge is 0.133 e. The van der Waals surface area contributed by atoms with E-state index in [2.05, 4.69) is 22.4 Å². The van der Waals surface area contributed by atoms with Gasteiger partial charge in [-0.2, -0.15) is 0 Å². The van der Waals surface area contributed by atoms with Crippen molar-refractivity contribution >= 4 is 0 Å². The molecule has 0 aliphatic carbocycles. The lowest BCUT2D eigenvalue weighted by atomic mass is 10.3. The van der Waals surface area contributed by atoms with Crippen molar-refractivity contribution < 1.29 is 0 Å². The number of unbranched alkanes of at least 4 members (excludes halogenated alkanes) is 1. The van der Waals surface area contributed by atoms with E-state index in [9.17, 15) is 0 Å². The van der Waals surface area contributed by atoms with Crippen molar-refractivity contribution in [1.82, 2.24) is 20.1 Å². The van der Waals surface area contributed by atoms with Crippen LogP contribution >= 0.6 is 0 Å². The average molecular weight is 182 g/mol. The van der Waals surface area contributed by atoms with Gasteiger partial charge in [0.15, 0.2) is 0 Å². The highest BCUT2D eigenvalue weighted by molar-refractivity contribution is 4.84. The number of aromatic nitrogens is 3. The molecule has 1 aromatic heterocycles. The number of nitrogens with zero attached hydrogens (tertiary/aromatic N) is 3. The second kappa shape index (κ2) is 5.70. The van der Waals surface area contributed by atoms with Crippen molar-refractivity contribution in [3.8, 4) is 0 Å². The van der Waals surface area contributed by atoms with Crippen molar-refractivity contribution in [1.29, 1.82) is 0 Å². The van der Waals surface area contributed by atoms with Gasteiger partial charge in [0.05, 0.1) is 0 Å². The van der Waals surface area contributed by atoms with E-state index in [4.69, 9.17) is 0 Å². The standard InChI is InChI=1S/C9H18N4/c1-3-4-6-10-7-5-9-12-11-8-13(9)2/h8,10H,3-7H2,1-2H3. The van der Waals surface area contributed by atoms with Crippen molar-refractivity contribution in [2.75, 3.05) is 13.1 Å². The molecule has 74 valence electrons. The molecule has 1 aromatic rings. The van der Waals surface area contributed by atoms with E-state index in [1.165, 1.54) is 12.8 Å². The van der Waals surface area contributed by atoms with Crippen LogP contribution in [-0.2, 0) is 13.5 Å². The zero-order valence-corrected chi connectivity index (χ0v) is 8.45. The van der Waals surface area contributed by atoms with Crippen molar-refractivity contribution in [2.45, 2.75) is 26.2 Å². The van der Waals surface area contributed by atoms with Gasteiger partial charge in [-0.05, 0) is 13.0 Å². The lowest BCUT2D eigenvalue weighted by molar-refractivity contribution is 0.622. The first-order chi connectivity index (χ1) is 6.34. The minimum Gasteiger partial charge on any atom is -0.321 e. The molecule has 13 heavy (non-hydrogen) atoms. The number of hydrogen-bond acceptors (Lipinski definition) is 3. The molecule has 1 N–H and O–H groups in total. The van der Waals surface area contributed by atoms with Crippen LogP contribution in [0.3, 0.4) is 0 Å². The summed E-state index contributed by atoms with van der Waals surface area (Å²) in [6.45, 7) is 4.30. The van der Waals surface area contributed by atoms with E-state index in [0.717, 1.165) is 25.3 Å². The Morgan fingerprint density at radius 3 is 2.92 bits per heavy atom. The molecule has 1 rings (SSSR count). The zero-order valence-electron chi connectivity index (χ0n) is 8.45. The van der Waals surface area contributed by atoms with Crippen LogP contribution in [0.5, 0.6) is 0 Å². The third kappa shape index (κ3) is 3.55. The van der Waals surface area contributed by atoms with Crippen LogP contribution in [0, 0.1) is 0 Å². The van der Waals surface area contributed by atoms with Gasteiger partial charge >= 0.3 is 0 Å². The van der Waals surface area contributed by atoms with Crippen LogP contribution in [0.2, 0.25) is 0 Å². The molecule has 0 radical (unpaired) electrons. The minimum absolute atomic E-state index is 0.959. The molecule has 0 bridgehead atoms. The topological polar surface area (TPSA) is 42.7 Å². The Morgan fingerprint density at radius 2 is 2.31 bits per heavy atom. The third-order valence-electron chi connectivity index (χ3n) is 2.04. The molecule has 0 spiro atoms. The van der Waals surface area contributed by atoms with Crippen molar-refractivity contribution in [3.05, 3.63) is 12.2 Å². The van der Waals surface area contributed by atoms with Crippen LogP contribution < -0.4 is 5.32 Å². The first kappa shape index (κ1) is 10.2. The summed E-state index contributed by atoms with van der Waals surface area (Å²) in [5.41, 5.74) is 0. The maximum atomic E-state index is 4.01. The SMILES string of the molecule is CCCCNCCc1nncn1C. The summed E-state index contributed by atoms with van der Waals surface area (Å²) in [6, 6.07) is 0. The van der Waals surface area contributed by atoms with Crippen molar-refractivity contribution in [3.63, 3.8) is 0 Å². The Labute approximate surface area is 79.4 Å². The van der Waals surface area contributed by atoms with Gasteiger partial charge in [-0.1, -0.05) is 13.3 Å². The molecule has 0 saturated carbocycles. The predicted molar refractivity (Wildman–Crippen MR) is 52.5 cm³/mol. The Balaban J connectivity index is 2.10. The van der Waals surface area contributed by atoms with E-state index in [1.54, 1.807) is 6.33 Å². The fourth-order valence-corrected chi connectivity index (χ4v) is 1.16. The van der Waals surface area contributed by atoms with Crippen LogP contribution in [0.1, 0.15) is 25.6 Å². The molecule has 0 aromatic carbocycles. The van der Waals surface area contributed by atoms with Gasteiger partial charge in [-0.25, -0.2) is 0 Å². The average Bonchev–Trinajstić information content (AvgIpc) is 2.52. The summed E-state index contributed by atoms with van der Waals surface area (Å²) in [4.78, 5) is 0. The Hall–Kier alpha value is -0.900. The molecule has 0 fully saturated rings. The number of nitrogens with one attached hydrogen (secondary N) is 1. The maximum Gasteiger partial charge on any atom is 0.133 e. The molecule has 0 aliphatic rings. The Kier molecular flexibility index (Phi) is 4.46. The summed E-state index contributed by atoms with van der Waals surface area (Å²) < 4.78 is 1.96. The molecule has 0 saturated heterocycles. The van der Waals surface area contributed by atoms with Gasteiger partial charge < -0.3 is 9.88 Å². The second-order valence-electron chi connectivity index (χ2n) is 3.21. The fraction of sp³-hybridized carbons (Fsp3) is 0.778. The van der Waals surface area contributed by atoms with E-state index in [-0.39, 0.29) is 0 Å². The molecule has 0 unspecified atom stereocenters. The summed E-state index contributed by atoms with van der Waals surface area (Å²) in [6.07, 6.45) is 5.19. The molecule has 1 heterocycles. The number of hydrogen-bond donors (Lipinski definition) is 1. The highest BCUT2D eigenvalue weighted by atomic mass is 15.2. The van der Waals surface area contributed by atoms with Crippen LogP contribution in [0.25, 0.3) is 0 Å². The number of rotatable bonds is 6. The first-order valence-corrected chi connectivity index (χ1v) is 4.88. The quantitative estimate of drug-likeness (QED) is 0.660. The van der Waals surface area contributed by atoms with Gasteiger partial charge in [0.2, 0.25) is 0 Å². The van der Waals surface area contributed by atoms with Gasteiger partial charge in [-0.15, -0.1) is 10.2 Å². The third-order valence-corrected chi connectivity index (χ3v) is 2.04. The van der Waals surface area contributed by atoms with Gasteiger partial charge in [-0.3, -0.25) is 0 Å². The first-order valence-electron chi connectivity index (χ1n) is 4.88. The lowest BCUT2D eigenvalue weighted by Crippen LogP contribution is -2.19. The molecule has 0 aliphatic heterocycles. The highest BCUT2D eigenvalue weighted by Gasteiger charge is 1.98. The fourth-order valence-electron chi connectivity index (χ4n) is 1.16. The number of aryl methyl sites for hydroxylation is 1. The van der Waals surface area contributed by atoms with E-state index < -0.39 is 0 Å². The van der Waals surface area contributed by atoms with E-state index in [0.29, 0.717) is 0 Å². The van der Waals surface area contributed by atoms with Crippen LogP contribution in [-0.4, -0.2) is 27.9 Å². The summed E-state index contributed by atoms with van der Waals surface area (Å²) in [5.74, 6) is 1.05. The largest absolute Gasteiger partial charge is 0.321 e. The molecule has 4 heteroatoms. The van der Waals surface area contributed by atoms with E-state index in [1.807, 2.05) is 11.6 Å². The molecule has 0 amide bonds. The maximum absolute atomic E-state index is 4.01. The predicted octanol–water partition coefficient (Wildman–Crippen LogP) is 0.747. The molecule has 0 atom stereocenters. The minimum atomic E-state index is 0.959. The highest BCUT2D eigenvalue weighted by Crippen LogP contribution is 1.91. The Bertz CT molecular complexity index is 231. The normalized spacial score (nSPS) is 10.6. The van der Waals surface area contributed by atoms with Gasteiger partial charge in [0.1, 0.15) is 12.2 Å². The monoisotopic (exact) mass is 182 g/mol. The second-order valence-corrected chi connectivity index (χ2v) is 3.21. The molecule has 4 nitrogen and oxygen atoms in total. The summed E-state index contributed by atoms with van der Waals surface area (Å²) >= 11 is 0. The zero-order chi connectivity index (χ0) is 9.52. The van der Waals surface area contributed by atoms with Gasteiger partial charge in [0, 0.05) is 20.0 Å². The summed E-state index contributed by atoms with van der Waals surface area (Å²) in [7, 11) is 1.97. The summed E-state index contributed by atoms with van der Waals surface area (Å²) in [5, 5.41) is 11.2. The van der Waals surface area contributed by atoms with Crippen LogP contribution in [0.4, 0.5) is 0 Å². The molecular weight excluding hydrogens is 164 g/mol. The van der Waals surface area contributed by atoms with Gasteiger partial charge in [0.25, 0.3) is 0 Å². The Morgan fingerprint density at radius 1 is 1.46 bits per heavy atom. The lowest BCUT2D eigenvalue weighted by Gasteiger charge is -2.02. The molecular formula is C9H18N4. The van der Waals surface area contributed by atoms with Crippen LogP contribution in [0.15, 0.2) is 6.33 Å². The van der Waals surface area contributed by atoms with E-state index >= 15 is 0 Å².